The molecule has 27 heavy (non-hydrogen) atoms. The number of aliphatic hydroxyl groups excluding tert-OH is 1. The summed E-state index contributed by atoms with van der Waals surface area (Å²) in [5.41, 5.74) is 2.32. The van der Waals surface area contributed by atoms with Gasteiger partial charge in [-0.25, -0.2) is 4.79 Å². The van der Waals surface area contributed by atoms with Gasteiger partial charge < -0.3 is 15.2 Å². The highest BCUT2D eigenvalue weighted by Crippen LogP contribution is 2.28. The maximum atomic E-state index is 12.3. The van der Waals surface area contributed by atoms with Gasteiger partial charge in [0.15, 0.2) is 0 Å². The van der Waals surface area contributed by atoms with E-state index in [9.17, 15) is 14.7 Å². The number of benzene rings is 1. The number of hydrogen-bond donors (Lipinski definition) is 2. The molecular weight excluding hydrogens is 366 g/mol. The summed E-state index contributed by atoms with van der Waals surface area (Å²) in [6.45, 7) is 0.169. The minimum absolute atomic E-state index is 0.0925. The van der Waals surface area contributed by atoms with Gasteiger partial charge in [0.25, 0.3) is 0 Å². The number of thioether (sulfide) groups is 1. The fourth-order valence-electron chi connectivity index (χ4n) is 3.20. The van der Waals surface area contributed by atoms with Crippen molar-refractivity contribution in [3.05, 3.63) is 46.0 Å². The predicted octanol–water partition coefficient (Wildman–Crippen LogP) is 1.85. The number of anilines is 1. The average Bonchev–Trinajstić information content (AvgIpc) is 2.69. The normalized spacial score (nSPS) is 13.1. The van der Waals surface area contributed by atoms with E-state index in [0.717, 1.165) is 42.7 Å². The molecule has 0 bridgehead atoms. The Labute approximate surface area is 161 Å². The maximum Gasteiger partial charge on any atom is 0.348 e. The number of carbonyl (C=O) groups excluding carboxylic acids is 1. The number of hydrogen-bond acceptors (Lipinski definition) is 6. The lowest BCUT2D eigenvalue weighted by atomic mass is 9.97. The van der Waals surface area contributed by atoms with Crippen LogP contribution in [0.1, 0.15) is 24.1 Å². The molecular formula is C19H23N3O4S. The van der Waals surface area contributed by atoms with Gasteiger partial charge in [0.2, 0.25) is 5.91 Å². The zero-order chi connectivity index (χ0) is 19.2. The minimum atomic E-state index is -0.359. The van der Waals surface area contributed by atoms with E-state index in [-0.39, 0.29) is 30.5 Å². The highest BCUT2D eigenvalue weighted by atomic mass is 32.2. The molecule has 0 unspecified atom stereocenters. The van der Waals surface area contributed by atoms with E-state index in [2.05, 4.69) is 10.3 Å². The number of aromatic nitrogens is 2. The summed E-state index contributed by atoms with van der Waals surface area (Å²) >= 11 is 1.29. The van der Waals surface area contributed by atoms with Crippen molar-refractivity contribution >= 4 is 23.4 Å². The quantitative estimate of drug-likeness (QED) is 0.555. The molecule has 0 saturated carbocycles. The van der Waals surface area contributed by atoms with Gasteiger partial charge in [0, 0.05) is 16.9 Å². The van der Waals surface area contributed by atoms with Crippen LogP contribution < -0.4 is 15.7 Å². The van der Waals surface area contributed by atoms with Crippen molar-refractivity contribution in [1.29, 1.82) is 0 Å². The average molecular weight is 389 g/mol. The fourth-order valence-corrected chi connectivity index (χ4v) is 4.08. The molecule has 0 radical (unpaired) electrons. The van der Waals surface area contributed by atoms with Crippen LogP contribution >= 0.6 is 11.8 Å². The summed E-state index contributed by atoms with van der Waals surface area (Å²) in [6.07, 6.45) is 3.71. The van der Waals surface area contributed by atoms with Crippen LogP contribution in [-0.4, -0.2) is 40.0 Å². The van der Waals surface area contributed by atoms with E-state index in [0.29, 0.717) is 10.7 Å². The van der Waals surface area contributed by atoms with Crippen LogP contribution in [0.15, 0.2) is 34.1 Å². The van der Waals surface area contributed by atoms with E-state index in [1.807, 2.05) is 0 Å². The van der Waals surface area contributed by atoms with Crippen molar-refractivity contribution in [1.82, 2.24) is 9.55 Å². The van der Waals surface area contributed by atoms with Crippen molar-refractivity contribution in [3.63, 3.8) is 0 Å². The lowest BCUT2D eigenvalue weighted by Gasteiger charge is -2.22. The van der Waals surface area contributed by atoms with Gasteiger partial charge in [-0.1, -0.05) is 11.8 Å². The number of methoxy groups -OCH3 is 1. The second-order valence-electron chi connectivity index (χ2n) is 6.27. The molecule has 1 aliphatic rings. The van der Waals surface area contributed by atoms with Crippen molar-refractivity contribution in [2.75, 3.05) is 24.8 Å². The molecule has 0 aliphatic heterocycles. The van der Waals surface area contributed by atoms with Gasteiger partial charge in [-0.15, -0.1) is 0 Å². The highest BCUT2D eigenvalue weighted by molar-refractivity contribution is 8.00. The number of rotatable bonds is 7. The topological polar surface area (TPSA) is 93.5 Å². The third kappa shape index (κ3) is 4.70. The number of nitrogens with one attached hydrogen (secondary N) is 1. The Morgan fingerprint density at radius 1 is 1.30 bits per heavy atom. The standard InChI is InChI=1S/C19H23N3O4S/c1-26-14-8-6-13(7-9-14)20-17(24)12-27-18-15-4-2-3-5-16(15)22(10-11-23)19(25)21-18/h6-9,23H,2-5,10-12H2,1H3,(H,20,24). The molecule has 7 nitrogen and oxygen atoms in total. The molecule has 2 N–H and O–H groups in total. The Morgan fingerprint density at radius 2 is 2.04 bits per heavy atom. The molecule has 0 spiro atoms. The van der Waals surface area contributed by atoms with Crippen LogP contribution in [-0.2, 0) is 24.2 Å². The summed E-state index contributed by atoms with van der Waals surface area (Å²) in [5.74, 6) is 0.743. The summed E-state index contributed by atoms with van der Waals surface area (Å²) in [4.78, 5) is 28.7. The maximum absolute atomic E-state index is 12.3. The van der Waals surface area contributed by atoms with Crippen LogP contribution in [0, 0.1) is 0 Å². The molecule has 0 atom stereocenters. The van der Waals surface area contributed by atoms with Crippen LogP contribution in [0.2, 0.25) is 0 Å². The molecule has 3 rings (SSSR count). The van der Waals surface area contributed by atoms with Gasteiger partial charge in [-0.2, -0.15) is 4.98 Å². The number of aliphatic hydroxyl groups is 1. The molecule has 1 aromatic heterocycles. The SMILES string of the molecule is COc1ccc(NC(=O)CSc2nc(=O)n(CCO)c3c2CCCC3)cc1. The van der Waals surface area contributed by atoms with Crippen molar-refractivity contribution < 1.29 is 14.6 Å². The number of fused-ring (bicyclic) bond motifs is 1. The fraction of sp³-hybridized carbons (Fsp3) is 0.421. The van der Waals surface area contributed by atoms with Gasteiger partial charge in [-0.05, 0) is 49.9 Å². The molecule has 1 aromatic carbocycles. The molecule has 0 fully saturated rings. The lowest BCUT2D eigenvalue weighted by Crippen LogP contribution is -2.31. The van der Waals surface area contributed by atoms with Crippen LogP contribution in [0.4, 0.5) is 5.69 Å². The predicted molar refractivity (Wildman–Crippen MR) is 105 cm³/mol. The third-order valence-corrected chi connectivity index (χ3v) is 5.51. The first kappa shape index (κ1) is 19.4. The second kappa shape index (κ2) is 9.05. The first-order valence-corrected chi connectivity index (χ1v) is 9.91. The number of carbonyl (C=O) groups is 1. The third-order valence-electron chi connectivity index (χ3n) is 4.49. The summed E-state index contributed by atoms with van der Waals surface area (Å²) in [6, 6.07) is 7.11. The van der Waals surface area contributed by atoms with Gasteiger partial charge in [-0.3, -0.25) is 9.36 Å². The zero-order valence-electron chi connectivity index (χ0n) is 15.2. The summed E-state index contributed by atoms with van der Waals surface area (Å²) < 4.78 is 6.66. The largest absolute Gasteiger partial charge is 0.497 e. The van der Waals surface area contributed by atoms with Crippen molar-refractivity contribution in [2.45, 2.75) is 37.3 Å². The van der Waals surface area contributed by atoms with E-state index in [1.165, 1.54) is 11.8 Å². The molecule has 2 aromatic rings. The molecule has 1 amide bonds. The second-order valence-corrected chi connectivity index (χ2v) is 7.24. The molecule has 1 aliphatic carbocycles. The van der Waals surface area contributed by atoms with Gasteiger partial charge >= 0.3 is 5.69 Å². The number of nitrogens with zero attached hydrogens (tertiary/aromatic N) is 2. The van der Waals surface area contributed by atoms with E-state index >= 15 is 0 Å². The number of amides is 1. The van der Waals surface area contributed by atoms with E-state index in [4.69, 9.17) is 4.74 Å². The van der Waals surface area contributed by atoms with Crippen LogP contribution in [0.5, 0.6) is 5.75 Å². The molecule has 1 heterocycles. The van der Waals surface area contributed by atoms with Crippen molar-refractivity contribution in [3.8, 4) is 5.75 Å². The first-order valence-electron chi connectivity index (χ1n) is 8.92. The van der Waals surface area contributed by atoms with Crippen molar-refractivity contribution in [2.24, 2.45) is 0 Å². The molecule has 144 valence electrons. The number of ether oxygens (including phenoxy) is 1. The zero-order valence-corrected chi connectivity index (χ0v) is 16.1. The lowest BCUT2D eigenvalue weighted by molar-refractivity contribution is -0.113. The van der Waals surface area contributed by atoms with Crippen LogP contribution in [0.3, 0.4) is 0 Å². The van der Waals surface area contributed by atoms with E-state index < -0.39 is 0 Å². The Morgan fingerprint density at radius 3 is 2.74 bits per heavy atom. The Kier molecular flexibility index (Phi) is 6.52. The van der Waals surface area contributed by atoms with Gasteiger partial charge in [0.05, 0.1) is 26.0 Å². The Bertz CT molecular complexity index is 864. The first-order chi connectivity index (χ1) is 13.1. The minimum Gasteiger partial charge on any atom is -0.497 e. The Hall–Kier alpha value is -2.32. The summed E-state index contributed by atoms with van der Waals surface area (Å²) in [7, 11) is 1.59. The smallest absolute Gasteiger partial charge is 0.348 e. The molecule has 0 saturated heterocycles. The van der Waals surface area contributed by atoms with E-state index in [1.54, 1.807) is 35.9 Å². The monoisotopic (exact) mass is 389 g/mol. The summed E-state index contributed by atoms with van der Waals surface area (Å²) in [5, 5.41) is 12.7. The highest BCUT2D eigenvalue weighted by Gasteiger charge is 2.20. The molecule has 8 heteroatoms. The van der Waals surface area contributed by atoms with Crippen LogP contribution in [0.25, 0.3) is 0 Å². The Balaban J connectivity index is 1.70. The van der Waals surface area contributed by atoms with Gasteiger partial charge in [0.1, 0.15) is 10.8 Å².